The molecule has 2 atom stereocenters. The zero-order valence-corrected chi connectivity index (χ0v) is 13.0. The van der Waals surface area contributed by atoms with E-state index in [1.807, 2.05) is 24.3 Å². The minimum absolute atomic E-state index is 0.230. The van der Waals surface area contributed by atoms with Gasteiger partial charge in [-0.15, -0.1) is 0 Å². The number of halogens is 1. The van der Waals surface area contributed by atoms with E-state index in [0.717, 1.165) is 9.13 Å². The van der Waals surface area contributed by atoms with E-state index >= 15 is 0 Å². The van der Waals surface area contributed by atoms with Crippen LogP contribution >= 0.6 is 22.6 Å². The van der Waals surface area contributed by atoms with Crippen LogP contribution in [0.25, 0.3) is 0 Å². The number of amides is 1. The van der Waals surface area contributed by atoms with Crippen molar-refractivity contribution >= 4 is 34.5 Å². The third kappa shape index (κ3) is 3.92. The molecular formula is C14H16INO4. The van der Waals surface area contributed by atoms with Crippen LogP contribution in [0.15, 0.2) is 24.3 Å². The van der Waals surface area contributed by atoms with Crippen molar-refractivity contribution in [2.24, 2.45) is 5.92 Å². The van der Waals surface area contributed by atoms with Crippen molar-refractivity contribution in [3.63, 3.8) is 0 Å². The largest absolute Gasteiger partial charge is 0.480 e. The van der Waals surface area contributed by atoms with E-state index in [-0.39, 0.29) is 18.2 Å². The van der Waals surface area contributed by atoms with E-state index in [9.17, 15) is 14.7 Å². The summed E-state index contributed by atoms with van der Waals surface area (Å²) in [6.45, 7) is 0.938. The smallest absolute Gasteiger partial charge is 0.326 e. The average Bonchev–Trinajstić information content (AvgIpc) is 2.94. The molecule has 1 aromatic carbocycles. The molecule has 1 saturated heterocycles. The molecule has 1 heterocycles. The fourth-order valence-electron chi connectivity index (χ4n) is 2.11. The van der Waals surface area contributed by atoms with Crippen molar-refractivity contribution in [2.45, 2.75) is 18.9 Å². The van der Waals surface area contributed by atoms with Gasteiger partial charge in [0.05, 0.1) is 12.5 Å². The Bertz CT molecular complexity index is 500. The highest BCUT2D eigenvalue weighted by Crippen LogP contribution is 2.15. The van der Waals surface area contributed by atoms with Gasteiger partial charge in [0.15, 0.2) is 0 Å². The Morgan fingerprint density at radius 2 is 2.20 bits per heavy atom. The summed E-state index contributed by atoms with van der Waals surface area (Å²) in [5, 5.41) is 11.9. The number of carboxylic acids is 1. The summed E-state index contributed by atoms with van der Waals surface area (Å²) in [4.78, 5) is 23.3. The molecule has 1 fully saturated rings. The lowest BCUT2D eigenvalue weighted by Gasteiger charge is -2.17. The Balaban J connectivity index is 2.02. The maximum Gasteiger partial charge on any atom is 0.326 e. The van der Waals surface area contributed by atoms with Crippen LogP contribution < -0.4 is 5.32 Å². The lowest BCUT2D eigenvalue weighted by molar-refractivity contribution is -0.142. The van der Waals surface area contributed by atoms with E-state index in [2.05, 4.69) is 27.9 Å². The molecule has 2 rings (SSSR count). The normalized spacial score (nSPS) is 19.6. The second kappa shape index (κ2) is 7.03. The van der Waals surface area contributed by atoms with Crippen molar-refractivity contribution in [3.05, 3.63) is 33.4 Å². The number of nitrogens with one attached hydrogen (secondary N) is 1. The van der Waals surface area contributed by atoms with Crippen molar-refractivity contribution in [1.29, 1.82) is 0 Å². The highest BCUT2D eigenvalue weighted by atomic mass is 127. The van der Waals surface area contributed by atoms with Gasteiger partial charge < -0.3 is 15.2 Å². The summed E-state index contributed by atoms with van der Waals surface area (Å²) in [5.74, 6) is -1.48. The molecule has 0 unspecified atom stereocenters. The van der Waals surface area contributed by atoms with Crippen LogP contribution in [0.5, 0.6) is 0 Å². The first-order valence-corrected chi connectivity index (χ1v) is 7.50. The summed E-state index contributed by atoms with van der Waals surface area (Å²) in [6, 6.07) is 6.65. The molecular weight excluding hydrogens is 373 g/mol. The van der Waals surface area contributed by atoms with Crippen LogP contribution in [0.3, 0.4) is 0 Å². The third-order valence-electron chi connectivity index (χ3n) is 3.30. The van der Waals surface area contributed by atoms with Crippen molar-refractivity contribution in [3.8, 4) is 0 Å². The summed E-state index contributed by atoms with van der Waals surface area (Å²) in [6.07, 6.45) is 0.939. The van der Waals surface area contributed by atoms with Gasteiger partial charge in [-0.05, 0) is 40.6 Å². The van der Waals surface area contributed by atoms with Gasteiger partial charge in [-0.2, -0.15) is 0 Å². The number of hydrogen-bond donors (Lipinski definition) is 2. The summed E-state index contributed by atoms with van der Waals surface area (Å²) in [5.41, 5.74) is 0.920. The molecule has 0 bridgehead atoms. The van der Waals surface area contributed by atoms with E-state index in [1.54, 1.807) is 0 Å². The molecule has 1 aliphatic rings. The Kier molecular flexibility index (Phi) is 5.36. The molecule has 6 heteroatoms. The second-order valence-corrected chi connectivity index (χ2v) is 5.92. The molecule has 5 nitrogen and oxygen atoms in total. The van der Waals surface area contributed by atoms with Crippen LogP contribution in [0.2, 0.25) is 0 Å². The number of carbonyl (C=O) groups excluding carboxylic acids is 1. The molecule has 20 heavy (non-hydrogen) atoms. The lowest BCUT2D eigenvalue weighted by Crippen LogP contribution is -2.45. The first-order chi connectivity index (χ1) is 9.58. The first kappa shape index (κ1) is 15.2. The van der Waals surface area contributed by atoms with Gasteiger partial charge in [0.25, 0.3) is 0 Å². The van der Waals surface area contributed by atoms with Gasteiger partial charge in [0, 0.05) is 16.6 Å². The van der Waals surface area contributed by atoms with Crippen molar-refractivity contribution in [1.82, 2.24) is 5.32 Å². The predicted octanol–water partition coefficient (Wildman–Crippen LogP) is 1.44. The van der Waals surface area contributed by atoms with Crippen LogP contribution in [-0.4, -0.2) is 36.2 Å². The van der Waals surface area contributed by atoms with Gasteiger partial charge in [0.2, 0.25) is 5.91 Å². The van der Waals surface area contributed by atoms with E-state index in [0.29, 0.717) is 19.6 Å². The van der Waals surface area contributed by atoms with Crippen LogP contribution in [0, 0.1) is 9.49 Å². The monoisotopic (exact) mass is 389 g/mol. The van der Waals surface area contributed by atoms with Gasteiger partial charge in [-0.1, -0.05) is 18.2 Å². The number of rotatable bonds is 5. The molecule has 0 radical (unpaired) electrons. The molecule has 1 aromatic rings. The number of benzene rings is 1. The number of carboxylic acid groups (broad SMARTS) is 1. The van der Waals surface area contributed by atoms with Gasteiger partial charge >= 0.3 is 5.97 Å². The molecule has 0 aromatic heterocycles. The zero-order chi connectivity index (χ0) is 14.5. The van der Waals surface area contributed by atoms with E-state index in [1.165, 1.54) is 0 Å². The molecule has 0 saturated carbocycles. The lowest BCUT2D eigenvalue weighted by atomic mass is 10.0. The van der Waals surface area contributed by atoms with Crippen LogP contribution in [-0.2, 0) is 20.7 Å². The molecule has 2 N–H and O–H groups in total. The molecule has 0 aliphatic carbocycles. The minimum Gasteiger partial charge on any atom is -0.480 e. The molecule has 108 valence electrons. The summed E-state index contributed by atoms with van der Waals surface area (Å²) >= 11 is 2.16. The standard InChI is InChI=1S/C14H16INO4/c15-11-4-2-1-3-9(11)7-12(14(18)19)16-13(17)10-5-6-20-8-10/h1-4,10,12H,5-8H2,(H,16,17)(H,18,19)/t10-,12+/m1/s1. The first-order valence-electron chi connectivity index (χ1n) is 6.42. The third-order valence-corrected chi connectivity index (χ3v) is 4.35. The number of aliphatic carboxylic acids is 1. The topological polar surface area (TPSA) is 75.6 Å². The van der Waals surface area contributed by atoms with Gasteiger partial charge in [-0.25, -0.2) is 4.79 Å². The highest BCUT2D eigenvalue weighted by Gasteiger charge is 2.28. The number of ether oxygens (including phenoxy) is 1. The van der Waals surface area contributed by atoms with Crippen LogP contribution in [0.1, 0.15) is 12.0 Å². The maximum atomic E-state index is 12.0. The minimum atomic E-state index is -1.02. The molecule has 1 aliphatic heterocycles. The predicted molar refractivity (Wildman–Crippen MR) is 81.4 cm³/mol. The van der Waals surface area contributed by atoms with E-state index in [4.69, 9.17) is 4.74 Å². The molecule has 1 amide bonds. The fourth-order valence-corrected chi connectivity index (χ4v) is 2.72. The second-order valence-electron chi connectivity index (χ2n) is 4.76. The Labute approximate surface area is 130 Å². The summed E-state index contributed by atoms with van der Waals surface area (Å²) < 4.78 is 6.14. The highest BCUT2D eigenvalue weighted by molar-refractivity contribution is 14.1. The van der Waals surface area contributed by atoms with E-state index < -0.39 is 12.0 Å². The zero-order valence-electron chi connectivity index (χ0n) is 10.8. The maximum absolute atomic E-state index is 12.0. The summed E-state index contributed by atoms with van der Waals surface area (Å²) in [7, 11) is 0. The number of hydrogen-bond acceptors (Lipinski definition) is 3. The van der Waals surface area contributed by atoms with Crippen molar-refractivity contribution in [2.75, 3.05) is 13.2 Å². The average molecular weight is 389 g/mol. The SMILES string of the molecule is O=C(N[C@@H](Cc1ccccc1I)C(=O)O)[C@@H]1CCOC1. The Hall–Kier alpha value is -1.15. The number of carbonyl (C=O) groups is 2. The van der Waals surface area contributed by atoms with Gasteiger partial charge in [0.1, 0.15) is 6.04 Å². The van der Waals surface area contributed by atoms with Gasteiger partial charge in [-0.3, -0.25) is 4.79 Å². The Morgan fingerprint density at radius 3 is 2.80 bits per heavy atom. The van der Waals surface area contributed by atoms with Crippen molar-refractivity contribution < 1.29 is 19.4 Å². The quantitative estimate of drug-likeness (QED) is 0.748. The van der Waals surface area contributed by atoms with Crippen LogP contribution in [0.4, 0.5) is 0 Å². The Morgan fingerprint density at radius 1 is 1.45 bits per heavy atom. The molecule has 0 spiro atoms. The fraction of sp³-hybridized carbons (Fsp3) is 0.429.